The van der Waals surface area contributed by atoms with Crippen molar-refractivity contribution in [2.75, 3.05) is 26.7 Å². The Hall–Kier alpha value is -0.950. The van der Waals surface area contributed by atoms with Crippen molar-refractivity contribution in [1.29, 1.82) is 0 Å². The number of nitrogens with two attached hydrogens (primary N) is 1. The summed E-state index contributed by atoms with van der Waals surface area (Å²) in [7, 11) is 0.806. The van der Waals surface area contributed by atoms with Crippen molar-refractivity contribution in [2.24, 2.45) is 5.73 Å². The van der Waals surface area contributed by atoms with Crippen molar-refractivity contribution in [3.05, 3.63) is 63.1 Å². The molecule has 3 rings (SSSR count). The molecular weight excluding hydrogens is 377 g/mol. The first-order valence-corrected chi connectivity index (χ1v) is 10.0. The molecule has 0 fully saturated rings. The third-order valence-corrected chi connectivity index (χ3v) is 6.05. The summed E-state index contributed by atoms with van der Waals surface area (Å²) in [5, 5.41) is 1.34. The number of hydrogen-bond donors (Lipinski definition) is 2. The molecule has 0 amide bonds. The molecule has 0 radical (unpaired) electrons. The van der Waals surface area contributed by atoms with Gasteiger partial charge in [-0.1, -0.05) is 35.3 Å². The summed E-state index contributed by atoms with van der Waals surface area (Å²) in [6, 6.07) is 11.6. The average Bonchev–Trinajstić information content (AvgIpc) is 2.60. The fourth-order valence-electron chi connectivity index (χ4n) is 3.21. The molecule has 2 unspecified atom stereocenters. The number of rotatable bonds is 5. The minimum absolute atomic E-state index is 0.136. The molecule has 25 heavy (non-hydrogen) atoms. The summed E-state index contributed by atoms with van der Waals surface area (Å²) >= 11 is 12.7. The summed E-state index contributed by atoms with van der Waals surface area (Å²) in [6.07, 6.45) is 0. The van der Waals surface area contributed by atoms with Gasteiger partial charge in [-0.2, -0.15) is 0 Å². The van der Waals surface area contributed by atoms with Gasteiger partial charge < -0.3 is 10.6 Å². The van der Waals surface area contributed by atoms with Gasteiger partial charge in [-0.3, -0.25) is 0 Å². The van der Waals surface area contributed by atoms with Crippen molar-refractivity contribution in [3.8, 4) is 0 Å². The summed E-state index contributed by atoms with van der Waals surface area (Å²) in [5.41, 5.74) is 8.83. The van der Waals surface area contributed by atoms with Crippen LogP contribution in [0.15, 0.2) is 41.3 Å². The van der Waals surface area contributed by atoms with Crippen molar-refractivity contribution in [1.82, 2.24) is 9.62 Å². The Morgan fingerprint density at radius 1 is 1.32 bits per heavy atom. The lowest BCUT2D eigenvalue weighted by atomic mass is 9.85. The molecule has 134 valence electrons. The highest BCUT2D eigenvalue weighted by Gasteiger charge is 2.27. The highest BCUT2D eigenvalue weighted by molar-refractivity contribution is 7.83. The first kappa shape index (κ1) is 18.8. The fraction of sp³-hybridized carbons (Fsp3) is 0.333. The zero-order valence-electron chi connectivity index (χ0n) is 14.0. The Kier molecular flexibility index (Phi) is 6.15. The number of halogens is 2. The predicted molar refractivity (Wildman–Crippen MR) is 105 cm³/mol. The zero-order valence-corrected chi connectivity index (χ0v) is 16.3. The third kappa shape index (κ3) is 4.25. The van der Waals surface area contributed by atoms with Gasteiger partial charge in [0.15, 0.2) is 0 Å². The molecule has 0 spiro atoms. The lowest BCUT2D eigenvalue weighted by Gasteiger charge is -2.33. The summed E-state index contributed by atoms with van der Waals surface area (Å²) < 4.78 is 15.3. The second-order valence-electron chi connectivity index (χ2n) is 6.23. The number of hydrogen-bond acceptors (Lipinski definition) is 3. The topological polar surface area (TPSA) is 58.4 Å². The number of likely N-dealkylation sites (N-methyl/N-ethyl adjacent to an activating group) is 1. The van der Waals surface area contributed by atoms with Crippen LogP contribution in [-0.2, 0) is 17.5 Å². The summed E-state index contributed by atoms with van der Waals surface area (Å²) in [6.45, 7) is 2.61. The van der Waals surface area contributed by atoms with Gasteiger partial charge >= 0.3 is 0 Å². The van der Waals surface area contributed by atoms with E-state index in [0.29, 0.717) is 23.1 Å². The molecule has 2 aromatic carbocycles. The Bertz CT molecular complexity index is 800. The molecule has 0 saturated heterocycles. The van der Waals surface area contributed by atoms with E-state index >= 15 is 0 Å². The van der Waals surface area contributed by atoms with Crippen molar-refractivity contribution < 1.29 is 4.21 Å². The van der Waals surface area contributed by atoms with Crippen LogP contribution >= 0.6 is 23.2 Å². The van der Waals surface area contributed by atoms with Gasteiger partial charge in [0, 0.05) is 42.1 Å². The molecule has 4 nitrogen and oxygen atoms in total. The van der Waals surface area contributed by atoms with Crippen LogP contribution in [0.5, 0.6) is 0 Å². The molecule has 3 N–H and O–H groups in total. The normalized spacial score (nSPS) is 18.8. The van der Waals surface area contributed by atoms with Gasteiger partial charge in [-0.15, -0.1) is 0 Å². The SMILES string of the molecule is CN1Cc2c(Cl)cc(Cl)cc2C(c2cccc(S(=O)NCCN)c2)C1. The van der Waals surface area contributed by atoms with Gasteiger partial charge in [0.25, 0.3) is 0 Å². The van der Waals surface area contributed by atoms with E-state index in [2.05, 4.69) is 22.7 Å². The van der Waals surface area contributed by atoms with Crippen LogP contribution in [0.3, 0.4) is 0 Å². The second kappa shape index (κ2) is 8.16. The minimum Gasteiger partial charge on any atom is -0.329 e. The highest BCUT2D eigenvalue weighted by atomic mass is 35.5. The monoisotopic (exact) mass is 397 g/mol. The highest BCUT2D eigenvalue weighted by Crippen LogP contribution is 2.38. The van der Waals surface area contributed by atoms with Crippen LogP contribution < -0.4 is 10.5 Å². The van der Waals surface area contributed by atoms with Crippen molar-refractivity contribution in [3.63, 3.8) is 0 Å². The lowest BCUT2D eigenvalue weighted by molar-refractivity contribution is 0.295. The Morgan fingerprint density at radius 2 is 2.12 bits per heavy atom. The molecule has 2 aromatic rings. The van der Waals surface area contributed by atoms with Crippen LogP contribution in [-0.4, -0.2) is 35.8 Å². The zero-order chi connectivity index (χ0) is 18.0. The number of benzene rings is 2. The van der Waals surface area contributed by atoms with Crippen LogP contribution in [0.4, 0.5) is 0 Å². The van der Waals surface area contributed by atoms with Gasteiger partial charge in [-0.05, 0) is 48.0 Å². The van der Waals surface area contributed by atoms with Gasteiger partial charge in [0.1, 0.15) is 11.0 Å². The maximum Gasteiger partial charge on any atom is 0.124 e. The third-order valence-electron chi connectivity index (χ3n) is 4.34. The predicted octanol–water partition coefficient (Wildman–Crippen LogP) is 3.14. The number of nitrogens with one attached hydrogen (secondary N) is 1. The molecule has 0 aromatic heterocycles. The Labute approximate surface area is 160 Å². The molecule has 0 saturated carbocycles. The maximum atomic E-state index is 12.3. The largest absolute Gasteiger partial charge is 0.329 e. The first-order chi connectivity index (χ1) is 12.0. The Morgan fingerprint density at radius 3 is 2.88 bits per heavy atom. The molecule has 2 atom stereocenters. The molecule has 1 aliphatic rings. The van der Waals surface area contributed by atoms with Crippen LogP contribution in [0.25, 0.3) is 0 Å². The number of fused-ring (bicyclic) bond motifs is 1. The number of nitrogens with zero attached hydrogens (tertiary/aromatic N) is 1. The van der Waals surface area contributed by atoms with E-state index in [1.54, 1.807) is 6.07 Å². The van der Waals surface area contributed by atoms with Gasteiger partial charge in [0.2, 0.25) is 0 Å². The Balaban J connectivity index is 1.99. The minimum atomic E-state index is -1.27. The standard InChI is InChI=1S/C18H21Cl2N3OS/c1-23-10-16(15-8-13(19)9-18(20)17(15)11-23)12-3-2-4-14(7-12)25(24)22-6-5-21/h2-4,7-9,16,22H,5-6,10-11,21H2,1H3. The molecule has 1 aliphatic heterocycles. The van der Waals surface area contributed by atoms with E-state index in [4.69, 9.17) is 28.9 Å². The molecule has 0 aliphatic carbocycles. The van der Waals surface area contributed by atoms with Crippen LogP contribution in [0.2, 0.25) is 10.0 Å². The van der Waals surface area contributed by atoms with Crippen molar-refractivity contribution in [2.45, 2.75) is 17.4 Å². The van der Waals surface area contributed by atoms with E-state index in [1.807, 2.05) is 24.3 Å². The maximum absolute atomic E-state index is 12.3. The van der Waals surface area contributed by atoms with Crippen LogP contribution in [0, 0.1) is 0 Å². The smallest absolute Gasteiger partial charge is 0.124 e. The van der Waals surface area contributed by atoms with E-state index in [9.17, 15) is 4.21 Å². The summed E-state index contributed by atoms with van der Waals surface area (Å²) in [4.78, 5) is 2.98. The molecule has 1 heterocycles. The molecular formula is C18H21Cl2N3OS. The summed E-state index contributed by atoms with van der Waals surface area (Å²) in [5.74, 6) is 0.136. The molecule has 7 heteroatoms. The van der Waals surface area contributed by atoms with E-state index in [0.717, 1.165) is 34.7 Å². The van der Waals surface area contributed by atoms with Gasteiger partial charge in [-0.25, -0.2) is 8.93 Å². The van der Waals surface area contributed by atoms with Crippen LogP contribution in [0.1, 0.15) is 22.6 Å². The van der Waals surface area contributed by atoms with E-state index in [-0.39, 0.29) is 5.92 Å². The van der Waals surface area contributed by atoms with E-state index < -0.39 is 11.0 Å². The second-order valence-corrected chi connectivity index (χ2v) is 8.37. The lowest BCUT2D eigenvalue weighted by Crippen LogP contribution is -2.31. The first-order valence-electron chi connectivity index (χ1n) is 8.11. The average molecular weight is 398 g/mol. The van der Waals surface area contributed by atoms with Crippen molar-refractivity contribution >= 4 is 34.2 Å². The molecule has 0 bridgehead atoms. The van der Waals surface area contributed by atoms with E-state index in [1.165, 1.54) is 0 Å². The fourth-order valence-corrected chi connectivity index (χ4v) is 4.70. The quantitative estimate of drug-likeness (QED) is 0.814. The van der Waals surface area contributed by atoms with Gasteiger partial charge in [0.05, 0.1) is 4.90 Å².